The topological polar surface area (TPSA) is 32.7 Å². The second-order valence-electron chi connectivity index (χ2n) is 5.67. The van der Waals surface area contributed by atoms with Gasteiger partial charge in [-0.05, 0) is 44.6 Å². The fourth-order valence-electron chi connectivity index (χ4n) is 3.00. The summed E-state index contributed by atoms with van der Waals surface area (Å²) in [5.74, 6) is 0.672. The van der Waals surface area contributed by atoms with Gasteiger partial charge < -0.3 is 14.7 Å². The van der Waals surface area contributed by atoms with Gasteiger partial charge in [-0.3, -0.25) is 0 Å². The smallest absolute Gasteiger partial charge is 0.211 e. The zero-order chi connectivity index (χ0) is 16.3. The lowest BCUT2D eigenvalue weighted by Crippen LogP contribution is -2.43. The molecule has 0 aliphatic heterocycles. The summed E-state index contributed by atoms with van der Waals surface area (Å²) in [4.78, 5) is 2.09. The van der Waals surface area contributed by atoms with Gasteiger partial charge in [-0.15, -0.1) is 0 Å². The molecule has 1 saturated carbocycles. The van der Waals surface area contributed by atoms with Crippen molar-refractivity contribution in [3.05, 3.63) is 29.8 Å². The normalized spacial score (nSPS) is 29.7. The first-order valence-electron chi connectivity index (χ1n) is 8.30. The van der Waals surface area contributed by atoms with Gasteiger partial charge in [-0.25, -0.2) is 0 Å². The van der Waals surface area contributed by atoms with Gasteiger partial charge in [0.2, 0.25) is 1.43 Å². The Kier molecular flexibility index (Phi) is 3.34. The Hall–Kier alpha value is -1.06. The van der Waals surface area contributed by atoms with E-state index in [0.29, 0.717) is 17.7 Å². The van der Waals surface area contributed by atoms with Gasteiger partial charge in [0.25, 0.3) is 0 Å². The van der Waals surface area contributed by atoms with Gasteiger partial charge in [-0.1, -0.05) is 24.9 Å². The lowest BCUT2D eigenvalue weighted by atomic mass is 9.71. The van der Waals surface area contributed by atoms with Crippen LogP contribution in [0.1, 0.15) is 34.0 Å². The Bertz CT molecular complexity index is 524. The number of benzene rings is 1. The predicted octanol–water partition coefficient (Wildman–Crippen LogP) is 2.63. The molecule has 0 unspecified atom stereocenters. The molecule has 1 N–H and O–H groups in total. The molecule has 19 heavy (non-hydrogen) atoms. The van der Waals surface area contributed by atoms with Crippen LogP contribution in [0.25, 0.3) is 0 Å². The quantitative estimate of drug-likeness (QED) is 0.889. The summed E-state index contributed by atoms with van der Waals surface area (Å²) in [5, 5.41) is 5.28. The van der Waals surface area contributed by atoms with Crippen LogP contribution in [-0.4, -0.2) is 39.2 Å². The average Bonchev–Trinajstić information content (AvgIpc) is 2.50. The molecule has 0 spiro atoms. The second-order valence-corrected chi connectivity index (χ2v) is 5.67. The number of rotatable bonds is 5. The van der Waals surface area contributed by atoms with Gasteiger partial charge in [0, 0.05) is 12.5 Å². The van der Waals surface area contributed by atoms with E-state index in [9.17, 15) is 0 Å². The van der Waals surface area contributed by atoms with E-state index in [1.807, 2.05) is 14.1 Å². The minimum absolute atomic E-state index is 0.111. The maximum Gasteiger partial charge on any atom is 0.211 e. The van der Waals surface area contributed by atoms with E-state index >= 15 is 0 Å². The van der Waals surface area contributed by atoms with Crippen LogP contribution in [0.5, 0.6) is 5.75 Å². The first-order valence-corrected chi connectivity index (χ1v) is 6.89. The molecule has 0 aromatic heterocycles. The van der Waals surface area contributed by atoms with Gasteiger partial charge in [0.15, 0.2) is 0 Å². The third-order valence-corrected chi connectivity index (χ3v) is 4.00. The van der Waals surface area contributed by atoms with Crippen molar-refractivity contribution in [2.24, 2.45) is 5.92 Å². The lowest BCUT2D eigenvalue weighted by Gasteiger charge is -2.41. The van der Waals surface area contributed by atoms with Crippen LogP contribution in [0.4, 0.5) is 0 Å². The summed E-state index contributed by atoms with van der Waals surface area (Å²) >= 11 is 0. The standard InChI is InChI=1S/C16H25NO2/c1-17(2)12-14-7-4-5-10-16(14,18)13-8-6-9-15(11-13)19-3/h6,8-9,11,14,18H,4-5,7,10,12H2,1-3H3/t14-,16+/m1/s1/i6D,8D,18D. The Morgan fingerprint density at radius 3 is 3.11 bits per heavy atom. The van der Waals surface area contributed by atoms with E-state index in [4.69, 9.17) is 14.0 Å². The molecule has 2 atom stereocenters. The van der Waals surface area contributed by atoms with E-state index < -0.39 is 5.60 Å². The fraction of sp³-hybridized carbons (Fsp3) is 0.625. The highest BCUT2D eigenvalue weighted by atomic mass is 16.5. The monoisotopic (exact) mass is 266 g/mol. The Labute approximate surface area is 120 Å². The van der Waals surface area contributed by atoms with Crippen molar-refractivity contribution in [2.75, 3.05) is 27.7 Å². The van der Waals surface area contributed by atoms with Crippen LogP contribution in [0.3, 0.4) is 0 Å². The molecule has 2 rings (SSSR count). The number of hydrogen-bond acceptors (Lipinski definition) is 3. The van der Waals surface area contributed by atoms with Gasteiger partial charge in [0.05, 0.1) is 15.5 Å². The van der Waals surface area contributed by atoms with Crippen molar-refractivity contribution in [3.8, 4) is 5.75 Å². The van der Waals surface area contributed by atoms with E-state index in [1.54, 1.807) is 13.2 Å². The molecular formula is C16H25NO2. The van der Waals surface area contributed by atoms with Crippen molar-refractivity contribution in [3.63, 3.8) is 0 Å². The Balaban J connectivity index is 2.54. The maximum atomic E-state index is 8.28. The molecule has 0 radical (unpaired) electrons. The minimum Gasteiger partial charge on any atom is -0.497 e. The van der Waals surface area contributed by atoms with E-state index in [1.165, 1.54) is 6.07 Å². The third-order valence-electron chi connectivity index (χ3n) is 4.00. The number of aliphatic hydroxyl groups is 1. The largest absolute Gasteiger partial charge is 0.497 e. The molecule has 1 aromatic carbocycles. The molecule has 1 fully saturated rings. The summed E-state index contributed by atoms with van der Waals surface area (Å²) in [5.41, 5.74) is -0.220. The molecule has 1 aliphatic carbocycles. The Morgan fingerprint density at radius 1 is 1.58 bits per heavy atom. The highest BCUT2D eigenvalue weighted by molar-refractivity contribution is 5.33. The zero-order valence-corrected chi connectivity index (χ0v) is 12.0. The molecule has 0 amide bonds. The van der Waals surface area contributed by atoms with Crippen LogP contribution in [0.15, 0.2) is 24.2 Å². The zero-order valence-electron chi connectivity index (χ0n) is 15.0. The van der Waals surface area contributed by atoms with Crippen LogP contribution < -0.4 is 4.74 Å². The van der Waals surface area contributed by atoms with E-state index in [0.717, 1.165) is 25.8 Å². The first kappa shape index (κ1) is 10.7. The van der Waals surface area contributed by atoms with Crippen LogP contribution in [-0.2, 0) is 5.60 Å². The van der Waals surface area contributed by atoms with Crippen LogP contribution >= 0.6 is 0 Å². The molecule has 0 saturated heterocycles. The fourth-order valence-corrected chi connectivity index (χ4v) is 3.00. The van der Waals surface area contributed by atoms with Gasteiger partial charge in [0.1, 0.15) is 5.75 Å². The van der Waals surface area contributed by atoms with Crippen molar-refractivity contribution in [1.82, 2.24) is 4.90 Å². The number of hydrogen-bond donors (Lipinski definition) is 1. The van der Waals surface area contributed by atoms with E-state index in [2.05, 4.69) is 4.90 Å². The number of ether oxygens (including phenoxy) is 1. The summed E-state index contributed by atoms with van der Waals surface area (Å²) in [6, 6.07) is 3.55. The predicted molar refractivity (Wildman–Crippen MR) is 77.4 cm³/mol. The molecule has 3 heteroatoms. The SMILES string of the molecule is [2H]O[C@]1(c2cc(OC)cc([2H])c2[2H])CCCC[C@@H]1CN(C)C. The molecular weight excluding hydrogens is 238 g/mol. The molecule has 106 valence electrons. The lowest BCUT2D eigenvalue weighted by molar-refractivity contribution is -0.0619. The summed E-state index contributed by atoms with van der Waals surface area (Å²) in [7, 11) is 5.56. The molecule has 1 aromatic rings. The molecule has 0 bridgehead atoms. The summed E-state index contributed by atoms with van der Waals surface area (Å²) in [6.07, 6.45) is 3.73. The van der Waals surface area contributed by atoms with Gasteiger partial charge in [-0.2, -0.15) is 0 Å². The van der Waals surface area contributed by atoms with Crippen LogP contribution in [0.2, 0.25) is 0 Å². The third kappa shape index (κ3) is 3.10. The van der Waals surface area contributed by atoms with Crippen molar-refractivity contribution in [2.45, 2.75) is 31.3 Å². The van der Waals surface area contributed by atoms with Crippen molar-refractivity contribution in [1.29, 1.82) is 1.43 Å². The van der Waals surface area contributed by atoms with Crippen molar-refractivity contribution < 1.29 is 12.6 Å². The highest BCUT2D eigenvalue weighted by Crippen LogP contribution is 2.42. The molecule has 0 heterocycles. The minimum atomic E-state index is -0.829. The number of nitrogens with zero attached hydrogens (tertiary/aromatic N) is 1. The van der Waals surface area contributed by atoms with Gasteiger partial charge >= 0.3 is 0 Å². The summed E-state index contributed by atoms with van der Waals surface area (Å²) < 4.78 is 29.3. The van der Waals surface area contributed by atoms with E-state index in [-0.39, 0.29) is 18.0 Å². The second kappa shape index (κ2) is 5.93. The number of methoxy groups -OCH3 is 1. The Morgan fingerprint density at radius 2 is 2.42 bits per heavy atom. The highest BCUT2D eigenvalue weighted by Gasteiger charge is 2.40. The maximum absolute atomic E-state index is 8.28. The molecule has 3 nitrogen and oxygen atoms in total. The average molecular weight is 266 g/mol. The molecule has 1 aliphatic rings. The summed E-state index contributed by atoms with van der Waals surface area (Å²) in [6.45, 7) is 0.795. The first-order chi connectivity index (χ1) is 10.4. The van der Waals surface area contributed by atoms with Crippen molar-refractivity contribution >= 4 is 0 Å². The van der Waals surface area contributed by atoms with Crippen LogP contribution in [0, 0.1) is 5.92 Å².